The van der Waals surface area contributed by atoms with E-state index in [0.717, 1.165) is 50.6 Å². The van der Waals surface area contributed by atoms with Crippen molar-refractivity contribution in [2.24, 2.45) is 0 Å². The van der Waals surface area contributed by atoms with Gasteiger partial charge < -0.3 is 24.4 Å². The van der Waals surface area contributed by atoms with Crippen molar-refractivity contribution in [1.82, 2.24) is 10.2 Å². The number of hydrogen-bond donors (Lipinski definition) is 1. The van der Waals surface area contributed by atoms with E-state index in [0.29, 0.717) is 64.4 Å². The molecule has 1 aliphatic heterocycles. The van der Waals surface area contributed by atoms with E-state index in [1.807, 2.05) is 21.6 Å². The topological polar surface area (TPSA) is 60.0 Å². The van der Waals surface area contributed by atoms with Gasteiger partial charge in [0, 0.05) is 68.6 Å². The molecule has 0 radical (unpaired) electrons. The minimum atomic E-state index is 0.160. The summed E-state index contributed by atoms with van der Waals surface area (Å²) in [6, 6.07) is 0. The SMILES string of the molecule is O=C(CCCCC1CCSS1)NCCCOCCOCCOCCCN(CCCl)CCCl. The molecule has 190 valence electrons. The van der Waals surface area contributed by atoms with Crippen LogP contribution in [0.5, 0.6) is 0 Å². The molecule has 1 atom stereocenters. The summed E-state index contributed by atoms with van der Waals surface area (Å²) >= 11 is 11.6. The van der Waals surface area contributed by atoms with Crippen molar-refractivity contribution in [2.45, 2.75) is 50.2 Å². The van der Waals surface area contributed by atoms with Crippen LogP contribution in [0.2, 0.25) is 0 Å². The third-order valence-corrected chi connectivity index (χ3v) is 8.35. The lowest BCUT2D eigenvalue weighted by molar-refractivity contribution is -0.121. The van der Waals surface area contributed by atoms with E-state index < -0.39 is 0 Å². The van der Waals surface area contributed by atoms with Crippen molar-refractivity contribution in [1.29, 1.82) is 0 Å². The normalized spacial score (nSPS) is 16.2. The molecule has 10 heteroatoms. The fraction of sp³-hybridized carbons (Fsp3) is 0.955. The van der Waals surface area contributed by atoms with Crippen molar-refractivity contribution in [2.75, 3.05) is 83.3 Å². The van der Waals surface area contributed by atoms with Crippen LogP contribution < -0.4 is 5.32 Å². The number of carbonyl (C=O) groups is 1. The van der Waals surface area contributed by atoms with Crippen LogP contribution in [0.3, 0.4) is 0 Å². The Morgan fingerprint density at radius 1 is 0.875 bits per heavy atom. The van der Waals surface area contributed by atoms with Gasteiger partial charge in [-0.1, -0.05) is 28.0 Å². The molecular formula is C22H42Cl2N2O4S2. The smallest absolute Gasteiger partial charge is 0.219 e. The Balaban J connectivity index is 1.74. The van der Waals surface area contributed by atoms with E-state index in [9.17, 15) is 4.79 Å². The van der Waals surface area contributed by atoms with Gasteiger partial charge in [-0.05, 0) is 32.1 Å². The van der Waals surface area contributed by atoms with E-state index in [1.165, 1.54) is 18.6 Å². The molecular weight excluding hydrogens is 491 g/mol. The maximum Gasteiger partial charge on any atom is 0.219 e. The van der Waals surface area contributed by atoms with Gasteiger partial charge in [0.15, 0.2) is 0 Å². The second-order valence-electron chi connectivity index (χ2n) is 7.69. The number of unbranched alkanes of at least 4 members (excludes halogenated alkanes) is 1. The fourth-order valence-corrected chi connectivity index (χ4v) is 6.72. The average Bonchev–Trinajstić information content (AvgIpc) is 3.31. The monoisotopic (exact) mass is 532 g/mol. The minimum absolute atomic E-state index is 0.160. The first kappa shape index (κ1) is 30.6. The van der Waals surface area contributed by atoms with Crippen LogP contribution in [0.4, 0.5) is 0 Å². The molecule has 1 aliphatic rings. The molecule has 1 N–H and O–H groups in total. The Morgan fingerprint density at radius 2 is 1.53 bits per heavy atom. The Labute approximate surface area is 212 Å². The Bertz CT molecular complexity index is 431. The predicted molar refractivity (Wildman–Crippen MR) is 140 cm³/mol. The van der Waals surface area contributed by atoms with Crippen molar-refractivity contribution >= 4 is 50.7 Å². The lowest BCUT2D eigenvalue weighted by Gasteiger charge is -2.19. The molecule has 6 nitrogen and oxygen atoms in total. The van der Waals surface area contributed by atoms with Gasteiger partial charge in [-0.2, -0.15) is 0 Å². The third-order valence-electron chi connectivity index (χ3n) is 5.00. The van der Waals surface area contributed by atoms with Crippen molar-refractivity contribution in [3.8, 4) is 0 Å². The Morgan fingerprint density at radius 3 is 2.16 bits per heavy atom. The van der Waals surface area contributed by atoms with Crippen LogP contribution in [0.15, 0.2) is 0 Å². The number of carbonyl (C=O) groups excluding carboxylic acids is 1. The zero-order chi connectivity index (χ0) is 23.1. The summed E-state index contributed by atoms with van der Waals surface area (Å²) in [5.74, 6) is 2.69. The zero-order valence-electron chi connectivity index (χ0n) is 19.4. The number of amides is 1. The number of rotatable bonds is 23. The first-order valence-corrected chi connectivity index (χ1v) is 15.3. The highest BCUT2D eigenvalue weighted by atomic mass is 35.5. The van der Waals surface area contributed by atoms with Crippen molar-refractivity contribution < 1.29 is 19.0 Å². The average molecular weight is 534 g/mol. The van der Waals surface area contributed by atoms with Gasteiger partial charge in [-0.15, -0.1) is 23.2 Å². The third kappa shape index (κ3) is 19.0. The highest BCUT2D eigenvalue weighted by Gasteiger charge is 2.15. The molecule has 0 aromatic carbocycles. The number of halogens is 2. The van der Waals surface area contributed by atoms with Gasteiger partial charge in [-0.3, -0.25) is 4.79 Å². The van der Waals surface area contributed by atoms with E-state index in [2.05, 4.69) is 10.2 Å². The summed E-state index contributed by atoms with van der Waals surface area (Å²) in [4.78, 5) is 14.1. The second-order valence-corrected chi connectivity index (χ2v) is 11.2. The van der Waals surface area contributed by atoms with E-state index >= 15 is 0 Å². The highest BCUT2D eigenvalue weighted by Crippen LogP contribution is 2.39. The number of hydrogen-bond acceptors (Lipinski definition) is 7. The van der Waals surface area contributed by atoms with Crippen LogP contribution >= 0.6 is 44.8 Å². The van der Waals surface area contributed by atoms with Crippen LogP contribution in [0.25, 0.3) is 0 Å². The van der Waals surface area contributed by atoms with Gasteiger partial charge >= 0.3 is 0 Å². The van der Waals surface area contributed by atoms with Gasteiger partial charge in [0.1, 0.15) is 0 Å². The standard InChI is InChI=1S/C22H42Cl2N2O4S2/c23-8-12-26(13-9-24)11-4-15-29-17-19-30-18-16-28-14-3-10-25-22(27)6-2-1-5-21-7-20-31-32-21/h21H,1-20H2,(H,25,27). The van der Waals surface area contributed by atoms with E-state index in [1.54, 1.807) is 0 Å². The summed E-state index contributed by atoms with van der Waals surface area (Å²) in [6.45, 7) is 7.00. The van der Waals surface area contributed by atoms with Crippen LogP contribution in [0, 0.1) is 0 Å². The molecule has 32 heavy (non-hydrogen) atoms. The maximum absolute atomic E-state index is 11.8. The Kier molecular flexibility index (Phi) is 22.3. The lowest BCUT2D eigenvalue weighted by atomic mass is 10.1. The van der Waals surface area contributed by atoms with Gasteiger partial charge in [0.25, 0.3) is 0 Å². The molecule has 1 heterocycles. The van der Waals surface area contributed by atoms with Gasteiger partial charge in [0.2, 0.25) is 5.91 Å². The van der Waals surface area contributed by atoms with Gasteiger partial charge in [-0.25, -0.2) is 0 Å². The molecule has 0 aliphatic carbocycles. The molecule has 1 fully saturated rings. The molecule has 0 aromatic heterocycles. The predicted octanol–water partition coefficient (Wildman–Crippen LogP) is 4.43. The largest absolute Gasteiger partial charge is 0.379 e. The van der Waals surface area contributed by atoms with Gasteiger partial charge in [0.05, 0.1) is 26.4 Å². The number of ether oxygens (including phenoxy) is 3. The van der Waals surface area contributed by atoms with Crippen LogP contribution in [-0.2, 0) is 19.0 Å². The summed E-state index contributed by atoms with van der Waals surface area (Å²) in [5, 5.41) is 3.78. The zero-order valence-corrected chi connectivity index (χ0v) is 22.5. The number of nitrogens with zero attached hydrogens (tertiary/aromatic N) is 1. The quantitative estimate of drug-likeness (QED) is 0.119. The minimum Gasteiger partial charge on any atom is -0.379 e. The van der Waals surface area contributed by atoms with E-state index in [-0.39, 0.29) is 5.91 Å². The van der Waals surface area contributed by atoms with Crippen molar-refractivity contribution in [3.05, 3.63) is 0 Å². The number of nitrogens with one attached hydrogen (secondary N) is 1. The molecule has 0 aromatic rings. The summed E-state index contributed by atoms with van der Waals surface area (Å²) in [5.41, 5.74) is 0. The van der Waals surface area contributed by atoms with Crippen LogP contribution in [0.1, 0.15) is 44.9 Å². The molecule has 0 spiro atoms. The van der Waals surface area contributed by atoms with E-state index in [4.69, 9.17) is 37.4 Å². The second kappa shape index (κ2) is 23.3. The van der Waals surface area contributed by atoms with Crippen molar-refractivity contribution in [3.63, 3.8) is 0 Å². The number of alkyl halides is 2. The lowest BCUT2D eigenvalue weighted by Crippen LogP contribution is -2.29. The summed E-state index contributed by atoms with van der Waals surface area (Å²) < 4.78 is 16.6. The maximum atomic E-state index is 11.8. The first-order valence-electron chi connectivity index (χ1n) is 11.9. The van der Waals surface area contributed by atoms with Crippen LogP contribution in [-0.4, -0.2) is 99.4 Å². The molecule has 1 saturated heterocycles. The Hall–Kier alpha value is 0.590. The molecule has 0 bridgehead atoms. The molecule has 1 unspecified atom stereocenters. The summed E-state index contributed by atoms with van der Waals surface area (Å²) in [6.07, 6.45) is 7.15. The fourth-order valence-electron chi connectivity index (χ4n) is 3.22. The first-order chi connectivity index (χ1) is 15.8. The summed E-state index contributed by atoms with van der Waals surface area (Å²) in [7, 11) is 3.99. The molecule has 0 saturated carbocycles. The molecule has 1 amide bonds. The highest BCUT2D eigenvalue weighted by molar-refractivity contribution is 8.77. The molecule has 1 rings (SSSR count).